The van der Waals surface area contributed by atoms with Crippen molar-refractivity contribution >= 4 is 40.5 Å². The van der Waals surface area contributed by atoms with Crippen molar-refractivity contribution in [2.75, 3.05) is 10.6 Å². The lowest BCUT2D eigenvalue weighted by molar-refractivity contribution is -0.119. The molecule has 5 heteroatoms. The van der Waals surface area contributed by atoms with E-state index in [0.717, 1.165) is 28.9 Å². The first-order valence-electron chi connectivity index (χ1n) is 6.67. The predicted molar refractivity (Wildman–Crippen MR) is 86.8 cm³/mol. The number of halogens is 2. The van der Waals surface area contributed by atoms with Gasteiger partial charge in [-0.1, -0.05) is 29.3 Å². The maximum absolute atomic E-state index is 12.2. The summed E-state index contributed by atoms with van der Waals surface area (Å²) in [6, 6.07) is 11.1. The van der Waals surface area contributed by atoms with Gasteiger partial charge in [-0.2, -0.15) is 0 Å². The third-order valence-corrected chi connectivity index (χ3v) is 4.37. The topological polar surface area (TPSA) is 46.3 Å². The molecule has 0 saturated heterocycles. The molecule has 1 amide bonds. The van der Waals surface area contributed by atoms with Crippen LogP contribution in [-0.2, 0) is 17.8 Å². The van der Waals surface area contributed by atoms with Crippen molar-refractivity contribution in [1.29, 1.82) is 0 Å². The number of rotatable bonds is 2. The SMILES string of the molecule is Nc1ccc2c(c1)CCC(=O)N2Cc1ccc(Cl)c(Cl)c1. The minimum absolute atomic E-state index is 0.110. The van der Waals surface area contributed by atoms with Crippen molar-refractivity contribution in [2.24, 2.45) is 0 Å². The van der Waals surface area contributed by atoms with Gasteiger partial charge in [0, 0.05) is 17.8 Å². The molecule has 0 atom stereocenters. The number of nitrogen functional groups attached to an aromatic ring is 1. The molecule has 0 aliphatic carbocycles. The number of fused-ring (bicyclic) bond motifs is 1. The highest BCUT2D eigenvalue weighted by molar-refractivity contribution is 6.42. The molecule has 108 valence electrons. The second-order valence-corrected chi connectivity index (χ2v) is 5.93. The maximum atomic E-state index is 12.2. The molecule has 0 bridgehead atoms. The van der Waals surface area contributed by atoms with Crippen LogP contribution in [0.3, 0.4) is 0 Å². The molecule has 0 spiro atoms. The Morgan fingerprint density at radius 2 is 1.86 bits per heavy atom. The Morgan fingerprint density at radius 1 is 1.05 bits per heavy atom. The lowest BCUT2D eigenvalue weighted by atomic mass is 10.00. The van der Waals surface area contributed by atoms with Crippen molar-refractivity contribution in [3.05, 3.63) is 57.6 Å². The van der Waals surface area contributed by atoms with Crippen molar-refractivity contribution < 1.29 is 4.79 Å². The highest BCUT2D eigenvalue weighted by Crippen LogP contribution is 2.31. The highest BCUT2D eigenvalue weighted by Gasteiger charge is 2.24. The van der Waals surface area contributed by atoms with Crippen LogP contribution in [0.5, 0.6) is 0 Å². The number of hydrogen-bond acceptors (Lipinski definition) is 2. The van der Waals surface area contributed by atoms with E-state index in [1.54, 1.807) is 17.0 Å². The molecule has 2 aromatic carbocycles. The average Bonchev–Trinajstić information content (AvgIpc) is 2.46. The molecule has 3 rings (SSSR count). The summed E-state index contributed by atoms with van der Waals surface area (Å²) < 4.78 is 0. The van der Waals surface area contributed by atoms with E-state index in [4.69, 9.17) is 28.9 Å². The van der Waals surface area contributed by atoms with Crippen LogP contribution < -0.4 is 10.6 Å². The van der Waals surface area contributed by atoms with Crippen LogP contribution in [0.1, 0.15) is 17.5 Å². The minimum Gasteiger partial charge on any atom is -0.399 e. The first kappa shape index (κ1) is 14.2. The van der Waals surface area contributed by atoms with Crippen LogP contribution in [0, 0.1) is 0 Å². The molecular weight excluding hydrogens is 307 g/mol. The van der Waals surface area contributed by atoms with Gasteiger partial charge in [-0.05, 0) is 47.9 Å². The van der Waals surface area contributed by atoms with Gasteiger partial charge >= 0.3 is 0 Å². The lowest BCUT2D eigenvalue weighted by Gasteiger charge is -2.29. The van der Waals surface area contributed by atoms with Gasteiger partial charge in [0.05, 0.1) is 16.6 Å². The first-order chi connectivity index (χ1) is 10.0. The van der Waals surface area contributed by atoms with Gasteiger partial charge in [0.1, 0.15) is 0 Å². The Balaban J connectivity index is 1.94. The molecule has 3 nitrogen and oxygen atoms in total. The van der Waals surface area contributed by atoms with Crippen LogP contribution in [0.25, 0.3) is 0 Å². The van der Waals surface area contributed by atoms with Crippen LogP contribution >= 0.6 is 23.2 Å². The van der Waals surface area contributed by atoms with Gasteiger partial charge in [0.2, 0.25) is 5.91 Å². The summed E-state index contributed by atoms with van der Waals surface area (Å²) in [5.74, 6) is 0.110. The molecule has 0 unspecified atom stereocenters. The summed E-state index contributed by atoms with van der Waals surface area (Å²) in [4.78, 5) is 14.0. The molecule has 1 heterocycles. The van der Waals surface area contributed by atoms with E-state index < -0.39 is 0 Å². The number of aryl methyl sites for hydroxylation is 1. The Hall–Kier alpha value is -1.71. The van der Waals surface area contributed by atoms with Crippen LogP contribution in [0.2, 0.25) is 10.0 Å². The van der Waals surface area contributed by atoms with Gasteiger partial charge in [0.15, 0.2) is 0 Å². The van der Waals surface area contributed by atoms with Gasteiger partial charge in [-0.3, -0.25) is 4.79 Å². The molecule has 1 aliphatic heterocycles. The number of anilines is 2. The lowest BCUT2D eigenvalue weighted by Crippen LogP contribution is -2.34. The monoisotopic (exact) mass is 320 g/mol. The largest absolute Gasteiger partial charge is 0.399 e. The zero-order valence-corrected chi connectivity index (χ0v) is 12.8. The number of benzene rings is 2. The molecule has 2 N–H and O–H groups in total. The third-order valence-electron chi connectivity index (χ3n) is 3.63. The predicted octanol–water partition coefficient (Wildman–Crippen LogP) is 4.06. The molecule has 0 radical (unpaired) electrons. The molecule has 0 saturated carbocycles. The maximum Gasteiger partial charge on any atom is 0.227 e. The minimum atomic E-state index is 0.110. The molecular formula is C16H14Cl2N2O. The van der Waals surface area contributed by atoms with Gasteiger partial charge in [-0.25, -0.2) is 0 Å². The van der Waals surface area contributed by atoms with Crippen molar-refractivity contribution in [3.63, 3.8) is 0 Å². The van der Waals surface area contributed by atoms with Crippen molar-refractivity contribution in [1.82, 2.24) is 0 Å². The second kappa shape index (κ2) is 5.58. The van der Waals surface area contributed by atoms with Crippen LogP contribution in [0.4, 0.5) is 11.4 Å². The Morgan fingerprint density at radius 3 is 2.62 bits per heavy atom. The Labute approximate surface area is 133 Å². The summed E-state index contributed by atoms with van der Waals surface area (Å²) >= 11 is 12.0. The van der Waals surface area contributed by atoms with E-state index in [1.165, 1.54) is 0 Å². The highest BCUT2D eigenvalue weighted by atomic mass is 35.5. The zero-order valence-electron chi connectivity index (χ0n) is 11.3. The van der Waals surface area contributed by atoms with E-state index in [9.17, 15) is 4.79 Å². The van der Waals surface area contributed by atoms with Crippen LogP contribution in [0.15, 0.2) is 36.4 Å². The van der Waals surface area contributed by atoms with E-state index in [-0.39, 0.29) is 5.91 Å². The average molecular weight is 321 g/mol. The fraction of sp³-hybridized carbons (Fsp3) is 0.188. The fourth-order valence-electron chi connectivity index (χ4n) is 2.57. The quantitative estimate of drug-likeness (QED) is 0.848. The van der Waals surface area contributed by atoms with Gasteiger partial charge in [-0.15, -0.1) is 0 Å². The van der Waals surface area contributed by atoms with E-state index >= 15 is 0 Å². The summed E-state index contributed by atoms with van der Waals surface area (Å²) in [7, 11) is 0. The first-order valence-corrected chi connectivity index (χ1v) is 7.43. The number of nitrogens with two attached hydrogens (primary N) is 1. The van der Waals surface area contributed by atoms with Gasteiger partial charge in [0.25, 0.3) is 0 Å². The number of nitrogens with zero attached hydrogens (tertiary/aromatic N) is 1. The van der Waals surface area contributed by atoms with E-state index in [1.807, 2.05) is 24.3 Å². The number of carbonyl (C=O) groups excluding carboxylic acids is 1. The van der Waals surface area contributed by atoms with Crippen molar-refractivity contribution in [3.8, 4) is 0 Å². The zero-order chi connectivity index (χ0) is 15.0. The number of hydrogen-bond donors (Lipinski definition) is 1. The summed E-state index contributed by atoms with van der Waals surface area (Å²) in [5, 5.41) is 1.01. The third kappa shape index (κ3) is 2.85. The molecule has 2 aromatic rings. The summed E-state index contributed by atoms with van der Waals surface area (Å²) in [5.41, 5.74) is 9.51. The van der Waals surface area contributed by atoms with E-state index in [2.05, 4.69) is 0 Å². The molecule has 1 aliphatic rings. The van der Waals surface area contributed by atoms with Crippen LogP contribution in [-0.4, -0.2) is 5.91 Å². The number of carbonyl (C=O) groups is 1. The Bertz CT molecular complexity index is 715. The van der Waals surface area contributed by atoms with Gasteiger partial charge < -0.3 is 10.6 Å². The summed E-state index contributed by atoms with van der Waals surface area (Å²) in [6.07, 6.45) is 1.23. The summed E-state index contributed by atoms with van der Waals surface area (Å²) in [6.45, 7) is 0.479. The smallest absolute Gasteiger partial charge is 0.227 e. The number of amides is 1. The standard InChI is InChI=1S/C16H14Cl2N2O/c17-13-4-1-10(7-14(13)18)9-20-15-5-3-12(19)8-11(15)2-6-16(20)21/h1,3-5,7-8H,2,6,9,19H2. The molecule has 0 aromatic heterocycles. The molecule has 21 heavy (non-hydrogen) atoms. The van der Waals surface area contributed by atoms with E-state index in [0.29, 0.717) is 23.0 Å². The van der Waals surface area contributed by atoms with Crippen molar-refractivity contribution in [2.45, 2.75) is 19.4 Å². The Kier molecular flexibility index (Phi) is 3.79. The fourth-order valence-corrected chi connectivity index (χ4v) is 2.89. The second-order valence-electron chi connectivity index (χ2n) is 5.12. The normalized spacial score (nSPS) is 14.2. The molecule has 0 fully saturated rings.